The van der Waals surface area contributed by atoms with Gasteiger partial charge in [-0.3, -0.25) is 25.2 Å². The molecule has 3 N–H and O–H groups in total. The van der Waals surface area contributed by atoms with Crippen molar-refractivity contribution in [3.63, 3.8) is 0 Å². The Labute approximate surface area is 144 Å². The van der Waals surface area contributed by atoms with E-state index in [0.717, 1.165) is 12.8 Å². The number of nitrogens with one attached hydrogen (secondary N) is 2. The van der Waals surface area contributed by atoms with E-state index in [0.29, 0.717) is 23.6 Å². The molecule has 7 nitrogen and oxygen atoms in total. The van der Waals surface area contributed by atoms with Crippen LogP contribution >= 0.6 is 11.6 Å². The number of aliphatic carboxylic acids is 1. The van der Waals surface area contributed by atoms with E-state index >= 15 is 0 Å². The van der Waals surface area contributed by atoms with Gasteiger partial charge in [0.1, 0.15) is 5.75 Å². The molecule has 2 rings (SSSR count). The maximum atomic E-state index is 12.1. The van der Waals surface area contributed by atoms with Crippen LogP contribution in [0.1, 0.15) is 25.7 Å². The summed E-state index contributed by atoms with van der Waals surface area (Å²) in [4.78, 5) is 35.0. The molecule has 8 heteroatoms. The van der Waals surface area contributed by atoms with Crippen LogP contribution in [0.3, 0.4) is 0 Å². The number of carbonyl (C=O) groups is 3. The Hall–Kier alpha value is -2.28. The summed E-state index contributed by atoms with van der Waals surface area (Å²) >= 11 is 5.90. The largest absolute Gasteiger partial charge is 0.482 e. The monoisotopic (exact) mass is 354 g/mol. The Balaban J connectivity index is 1.79. The Bertz CT molecular complexity index is 622. The summed E-state index contributed by atoms with van der Waals surface area (Å²) in [5.74, 6) is -3.03. The lowest BCUT2D eigenvalue weighted by Gasteiger charge is -2.27. The zero-order chi connectivity index (χ0) is 17.5. The number of ether oxygens (including phenoxy) is 1. The van der Waals surface area contributed by atoms with Gasteiger partial charge in [0.15, 0.2) is 6.61 Å². The van der Waals surface area contributed by atoms with Gasteiger partial charge in [0.2, 0.25) is 5.91 Å². The van der Waals surface area contributed by atoms with E-state index in [2.05, 4.69) is 10.9 Å². The predicted octanol–water partition coefficient (Wildman–Crippen LogP) is 1.76. The van der Waals surface area contributed by atoms with E-state index in [1.165, 1.54) is 0 Å². The summed E-state index contributed by atoms with van der Waals surface area (Å²) < 4.78 is 5.25. The molecule has 0 spiro atoms. The molecule has 0 aromatic heterocycles. The third-order valence-corrected chi connectivity index (χ3v) is 4.25. The number of carboxylic acid groups (broad SMARTS) is 1. The number of hydrazine groups is 1. The molecule has 2 atom stereocenters. The SMILES string of the molecule is O=C(COc1ccccc1Cl)NNC(=O)[C@H]1CCCC[C@H]1C(=O)O. The molecule has 2 amide bonds. The van der Waals surface area contributed by atoms with Gasteiger partial charge in [-0.05, 0) is 25.0 Å². The number of para-hydroxylation sites is 1. The Morgan fingerprint density at radius 3 is 2.46 bits per heavy atom. The smallest absolute Gasteiger partial charge is 0.307 e. The normalized spacial score (nSPS) is 20.0. The number of rotatable bonds is 5. The molecule has 1 aliphatic rings. The molecule has 1 fully saturated rings. The third kappa shape index (κ3) is 4.86. The maximum Gasteiger partial charge on any atom is 0.307 e. The highest BCUT2D eigenvalue weighted by Gasteiger charge is 2.35. The molecule has 1 aromatic rings. The highest BCUT2D eigenvalue weighted by atomic mass is 35.5. The number of amides is 2. The van der Waals surface area contributed by atoms with Gasteiger partial charge in [0, 0.05) is 0 Å². The van der Waals surface area contributed by atoms with E-state index in [9.17, 15) is 19.5 Å². The lowest BCUT2D eigenvalue weighted by atomic mass is 9.79. The molecule has 0 aliphatic heterocycles. The van der Waals surface area contributed by atoms with Gasteiger partial charge in [-0.25, -0.2) is 0 Å². The van der Waals surface area contributed by atoms with Crippen LogP contribution in [0.4, 0.5) is 0 Å². The Kier molecular flexibility index (Phi) is 6.43. The van der Waals surface area contributed by atoms with E-state index in [4.69, 9.17) is 16.3 Å². The second kappa shape index (κ2) is 8.54. The van der Waals surface area contributed by atoms with Crippen LogP contribution in [0, 0.1) is 11.8 Å². The Morgan fingerprint density at radius 1 is 1.12 bits per heavy atom. The number of halogens is 1. The Morgan fingerprint density at radius 2 is 1.79 bits per heavy atom. The fraction of sp³-hybridized carbons (Fsp3) is 0.438. The number of benzene rings is 1. The van der Waals surface area contributed by atoms with Gasteiger partial charge in [0.25, 0.3) is 5.91 Å². The van der Waals surface area contributed by atoms with Gasteiger partial charge >= 0.3 is 5.97 Å². The van der Waals surface area contributed by atoms with Crippen LogP contribution < -0.4 is 15.6 Å². The van der Waals surface area contributed by atoms with Gasteiger partial charge in [-0.15, -0.1) is 0 Å². The summed E-state index contributed by atoms with van der Waals surface area (Å²) in [5, 5.41) is 9.55. The zero-order valence-corrected chi connectivity index (χ0v) is 13.7. The van der Waals surface area contributed by atoms with E-state index in [1.807, 2.05) is 0 Å². The molecule has 0 heterocycles. The molecule has 0 bridgehead atoms. The number of hydrogen-bond donors (Lipinski definition) is 3. The quantitative estimate of drug-likeness (QED) is 0.699. The number of carbonyl (C=O) groups excluding carboxylic acids is 2. The van der Waals surface area contributed by atoms with Crippen LogP contribution in [0.25, 0.3) is 0 Å². The second-order valence-corrected chi connectivity index (χ2v) is 6.00. The van der Waals surface area contributed by atoms with Gasteiger partial charge < -0.3 is 9.84 Å². The van der Waals surface area contributed by atoms with Gasteiger partial charge in [0.05, 0.1) is 16.9 Å². The molecule has 0 radical (unpaired) electrons. The lowest BCUT2D eigenvalue weighted by Crippen LogP contribution is -2.49. The number of hydrogen-bond acceptors (Lipinski definition) is 4. The average Bonchev–Trinajstić information content (AvgIpc) is 2.59. The minimum atomic E-state index is -0.983. The first-order chi connectivity index (χ1) is 11.5. The van der Waals surface area contributed by atoms with Crippen LogP contribution in [0.2, 0.25) is 5.02 Å². The van der Waals surface area contributed by atoms with Crippen LogP contribution in [-0.2, 0) is 14.4 Å². The molecule has 1 aliphatic carbocycles. The lowest BCUT2D eigenvalue weighted by molar-refractivity contribution is -0.149. The summed E-state index contributed by atoms with van der Waals surface area (Å²) in [6, 6.07) is 6.70. The van der Waals surface area contributed by atoms with E-state index in [1.54, 1.807) is 24.3 Å². The van der Waals surface area contributed by atoms with E-state index in [-0.39, 0.29) is 6.61 Å². The average molecular weight is 355 g/mol. The van der Waals surface area contributed by atoms with Crippen molar-refractivity contribution >= 4 is 29.4 Å². The molecule has 1 saturated carbocycles. The predicted molar refractivity (Wildman–Crippen MR) is 86.3 cm³/mol. The summed E-state index contributed by atoms with van der Waals surface area (Å²) in [5.41, 5.74) is 4.50. The molecule has 1 aromatic carbocycles. The molecule has 130 valence electrons. The van der Waals surface area contributed by atoms with Crippen molar-refractivity contribution < 1.29 is 24.2 Å². The van der Waals surface area contributed by atoms with Crippen LogP contribution in [-0.4, -0.2) is 29.5 Å². The van der Waals surface area contributed by atoms with E-state index < -0.39 is 29.6 Å². The molecular weight excluding hydrogens is 336 g/mol. The fourth-order valence-electron chi connectivity index (χ4n) is 2.71. The zero-order valence-electron chi connectivity index (χ0n) is 13.0. The maximum absolute atomic E-state index is 12.1. The molecule has 0 saturated heterocycles. The molecular formula is C16H19ClN2O5. The van der Waals surface area contributed by atoms with Crippen molar-refractivity contribution in [2.24, 2.45) is 11.8 Å². The first kappa shape index (κ1) is 18.1. The van der Waals surface area contributed by atoms with Gasteiger partial charge in [-0.1, -0.05) is 36.6 Å². The minimum absolute atomic E-state index is 0.322. The van der Waals surface area contributed by atoms with Crippen molar-refractivity contribution in [3.05, 3.63) is 29.3 Å². The summed E-state index contributed by atoms with van der Waals surface area (Å²) in [7, 11) is 0. The summed E-state index contributed by atoms with van der Waals surface area (Å²) in [6.07, 6.45) is 2.55. The molecule has 24 heavy (non-hydrogen) atoms. The van der Waals surface area contributed by atoms with Crippen LogP contribution in [0.5, 0.6) is 5.75 Å². The summed E-state index contributed by atoms with van der Waals surface area (Å²) in [6.45, 7) is -0.322. The second-order valence-electron chi connectivity index (χ2n) is 5.59. The van der Waals surface area contributed by atoms with Crippen molar-refractivity contribution in [1.29, 1.82) is 0 Å². The van der Waals surface area contributed by atoms with Crippen molar-refractivity contribution in [2.75, 3.05) is 6.61 Å². The molecule has 0 unspecified atom stereocenters. The van der Waals surface area contributed by atoms with Crippen molar-refractivity contribution in [3.8, 4) is 5.75 Å². The standard InChI is InChI=1S/C16H19ClN2O5/c17-12-7-3-4-8-13(12)24-9-14(20)18-19-15(21)10-5-1-2-6-11(10)16(22)23/h3-4,7-8,10-11H,1-2,5-6,9H2,(H,18,20)(H,19,21)(H,22,23)/t10-,11+/m0/s1. The fourth-order valence-corrected chi connectivity index (χ4v) is 2.90. The number of carboxylic acids is 1. The highest BCUT2D eigenvalue weighted by molar-refractivity contribution is 6.32. The third-order valence-electron chi connectivity index (χ3n) is 3.94. The topological polar surface area (TPSA) is 105 Å². The first-order valence-electron chi connectivity index (χ1n) is 7.68. The highest BCUT2D eigenvalue weighted by Crippen LogP contribution is 2.30. The first-order valence-corrected chi connectivity index (χ1v) is 8.05. The van der Waals surface area contributed by atoms with Gasteiger partial charge in [-0.2, -0.15) is 0 Å². The minimum Gasteiger partial charge on any atom is -0.482 e. The van der Waals surface area contributed by atoms with Crippen LogP contribution in [0.15, 0.2) is 24.3 Å². The van der Waals surface area contributed by atoms with Crippen molar-refractivity contribution in [1.82, 2.24) is 10.9 Å². The van der Waals surface area contributed by atoms with Crippen molar-refractivity contribution in [2.45, 2.75) is 25.7 Å².